The first-order valence-electron chi connectivity index (χ1n) is 10.1. The summed E-state index contributed by atoms with van der Waals surface area (Å²) in [6.45, 7) is 2.93. The van der Waals surface area contributed by atoms with Crippen LogP contribution in [0.3, 0.4) is 0 Å². The molecule has 0 atom stereocenters. The molecule has 0 aliphatic carbocycles. The van der Waals surface area contributed by atoms with Crippen LogP contribution in [0.25, 0.3) is 10.9 Å². The molecule has 0 spiro atoms. The van der Waals surface area contributed by atoms with Gasteiger partial charge in [-0.1, -0.05) is 6.08 Å². The molecule has 7 nitrogen and oxygen atoms in total. The molecule has 0 bridgehead atoms. The van der Waals surface area contributed by atoms with Gasteiger partial charge in [0.2, 0.25) is 0 Å². The van der Waals surface area contributed by atoms with Crippen molar-refractivity contribution in [3.05, 3.63) is 60.4 Å². The van der Waals surface area contributed by atoms with Crippen molar-refractivity contribution in [1.82, 2.24) is 4.98 Å². The minimum atomic E-state index is -0.430. The van der Waals surface area contributed by atoms with E-state index in [0.717, 1.165) is 24.0 Å². The number of esters is 1. The van der Waals surface area contributed by atoms with Crippen LogP contribution in [0.4, 0.5) is 5.69 Å². The minimum absolute atomic E-state index is 0.279. The summed E-state index contributed by atoms with van der Waals surface area (Å²) in [5.74, 6) is 1.67. The standard InChI is InChI=1S/C24H24N2O5/c1-4-30-24(27)18-13-16(26-11-5-6-12-26)7-8-20(18)31-21-9-10-25-19-15-23(29-3)22(28-2)14-17(19)21/h5,7-11,13-15H,4,6,12H2,1-3H3. The van der Waals surface area contributed by atoms with Gasteiger partial charge in [0.1, 0.15) is 17.1 Å². The predicted molar refractivity (Wildman–Crippen MR) is 118 cm³/mol. The van der Waals surface area contributed by atoms with Gasteiger partial charge in [-0.15, -0.1) is 0 Å². The number of anilines is 1. The molecule has 7 heteroatoms. The number of ether oxygens (including phenoxy) is 4. The van der Waals surface area contributed by atoms with Gasteiger partial charge in [0.15, 0.2) is 11.5 Å². The van der Waals surface area contributed by atoms with Crippen LogP contribution in [0, 0.1) is 0 Å². The number of aromatic nitrogens is 1. The normalized spacial score (nSPS) is 12.8. The van der Waals surface area contributed by atoms with Gasteiger partial charge < -0.3 is 23.8 Å². The number of fused-ring (bicyclic) bond motifs is 1. The van der Waals surface area contributed by atoms with Gasteiger partial charge in [0, 0.05) is 36.1 Å². The predicted octanol–water partition coefficient (Wildman–Crippen LogP) is 4.94. The van der Waals surface area contributed by atoms with Crippen LogP contribution in [-0.2, 0) is 4.74 Å². The van der Waals surface area contributed by atoms with E-state index in [1.54, 1.807) is 51.6 Å². The lowest BCUT2D eigenvalue weighted by atomic mass is 10.1. The summed E-state index contributed by atoms with van der Waals surface area (Å²) in [7, 11) is 3.15. The lowest BCUT2D eigenvalue weighted by Gasteiger charge is -2.19. The number of benzene rings is 2. The van der Waals surface area contributed by atoms with Crippen LogP contribution >= 0.6 is 0 Å². The van der Waals surface area contributed by atoms with Crippen molar-refractivity contribution in [2.24, 2.45) is 0 Å². The molecule has 160 valence electrons. The first-order chi connectivity index (χ1) is 15.1. The SMILES string of the molecule is CCOC(=O)c1cc(N2C=CCC2)ccc1Oc1ccnc2cc(OC)c(OC)cc12. The Morgan fingerprint density at radius 1 is 1.03 bits per heavy atom. The van der Waals surface area contributed by atoms with Crippen LogP contribution in [0.5, 0.6) is 23.0 Å². The minimum Gasteiger partial charge on any atom is -0.493 e. The zero-order chi connectivity index (χ0) is 21.8. The van der Waals surface area contributed by atoms with Gasteiger partial charge in [0.05, 0.1) is 26.3 Å². The molecule has 1 aliphatic rings. The fraction of sp³-hybridized carbons (Fsp3) is 0.250. The summed E-state index contributed by atoms with van der Waals surface area (Å²) in [5.41, 5.74) is 1.96. The van der Waals surface area contributed by atoms with E-state index >= 15 is 0 Å². The third-order valence-corrected chi connectivity index (χ3v) is 5.04. The summed E-state index contributed by atoms with van der Waals surface area (Å²) in [5, 5.41) is 0.738. The Hall–Kier alpha value is -3.74. The lowest BCUT2D eigenvalue weighted by Crippen LogP contribution is -2.14. The molecular formula is C24H24N2O5. The smallest absolute Gasteiger partial charge is 0.342 e. The van der Waals surface area contributed by atoms with Gasteiger partial charge in [-0.3, -0.25) is 4.98 Å². The van der Waals surface area contributed by atoms with E-state index in [4.69, 9.17) is 18.9 Å². The number of hydrogen-bond acceptors (Lipinski definition) is 7. The molecule has 0 N–H and O–H groups in total. The summed E-state index contributed by atoms with van der Waals surface area (Å²) >= 11 is 0. The van der Waals surface area contributed by atoms with E-state index in [0.29, 0.717) is 34.1 Å². The van der Waals surface area contributed by atoms with Crippen molar-refractivity contribution in [2.45, 2.75) is 13.3 Å². The molecule has 0 saturated heterocycles. The third-order valence-electron chi connectivity index (χ3n) is 5.04. The second-order valence-corrected chi connectivity index (χ2v) is 6.90. The largest absolute Gasteiger partial charge is 0.493 e. The average molecular weight is 420 g/mol. The van der Waals surface area contributed by atoms with Crippen LogP contribution < -0.4 is 19.1 Å². The van der Waals surface area contributed by atoms with Crippen LogP contribution in [-0.4, -0.2) is 38.3 Å². The molecule has 0 radical (unpaired) electrons. The molecule has 1 aliphatic heterocycles. The van der Waals surface area contributed by atoms with E-state index in [9.17, 15) is 4.79 Å². The van der Waals surface area contributed by atoms with E-state index in [1.807, 2.05) is 18.3 Å². The fourth-order valence-corrected chi connectivity index (χ4v) is 3.51. The molecule has 31 heavy (non-hydrogen) atoms. The molecular weight excluding hydrogens is 396 g/mol. The van der Waals surface area contributed by atoms with Gasteiger partial charge in [0.25, 0.3) is 0 Å². The molecule has 3 aromatic rings. The molecule has 0 unspecified atom stereocenters. The first kappa shape index (κ1) is 20.5. The summed E-state index contributed by atoms with van der Waals surface area (Å²) in [6.07, 6.45) is 6.73. The maximum atomic E-state index is 12.7. The molecule has 2 heterocycles. The van der Waals surface area contributed by atoms with Crippen molar-refractivity contribution in [1.29, 1.82) is 0 Å². The van der Waals surface area contributed by atoms with Crippen LogP contribution in [0.15, 0.2) is 54.9 Å². The highest BCUT2D eigenvalue weighted by molar-refractivity contribution is 5.94. The highest BCUT2D eigenvalue weighted by Crippen LogP contribution is 2.38. The van der Waals surface area contributed by atoms with Crippen LogP contribution in [0.2, 0.25) is 0 Å². The molecule has 2 aromatic carbocycles. The number of carbonyl (C=O) groups is 1. The highest BCUT2D eigenvalue weighted by atomic mass is 16.5. The Bertz CT molecular complexity index is 1140. The number of pyridine rings is 1. The Labute approximate surface area is 180 Å². The number of rotatable bonds is 7. The summed E-state index contributed by atoms with van der Waals surface area (Å²) in [6, 6.07) is 10.9. The van der Waals surface area contributed by atoms with Crippen molar-refractivity contribution < 1.29 is 23.7 Å². The number of hydrogen-bond donors (Lipinski definition) is 0. The first-order valence-corrected chi connectivity index (χ1v) is 10.1. The molecule has 0 amide bonds. The molecule has 4 rings (SSSR count). The number of carbonyl (C=O) groups excluding carboxylic acids is 1. The summed E-state index contributed by atoms with van der Waals surface area (Å²) in [4.78, 5) is 19.2. The van der Waals surface area contributed by atoms with E-state index < -0.39 is 5.97 Å². The zero-order valence-corrected chi connectivity index (χ0v) is 17.8. The second kappa shape index (κ2) is 8.95. The van der Waals surface area contributed by atoms with Crippen molar-refractivity contribution in [2.75, 3.05) is 32.3 Å². The number of nitrogens with zero attached hydrogens (tertiary/aromatic N) is 2. The second-order valence-electron chi connectivity index (χ2n) is 6.90. The Kier molecular flexibility index (Phi) is 5.93. The topological polar surface area (TPSA) is 70.1 Å². The molecule has 0 fully saturated rings. The van der Waals surface area contributed by atoms with Gasteiger partial charge in [-0.05, 0) is 43.7 Å². The van der Waals surface area contributed by atoms with Crippen molar-refractivity contribution in [3.63, 3.8) is 0 Å². The summed E-state index contributed by atoms with van der Waals surface area (Å²) < 4.78 is 22.3. The van der Waals surface area contributed by atoms with Gasteiger partial charge >= 0.3 is 5.97 Å². The maximum Gasteiger partial charge on any atom is 0.342 e. The Balaban J connectivity index is 1.76. The third kappa shape index (κ3) is 4.12. The number of methoxy groups -OCH3 is 2. The fourth-order valence-electron chi connectivity index (χ4n) is 3.51. The van der Waals surface area contributed by atoms with E-state index in [-0.39, 0.29) is 6.61 Å². The van der Waals surface area contributed by atoms with E-state index in [1.165, 1.54) is 0 Å². The van der Waals surface area contributed by atoms with Crippen molar-refractivity contribution in [3.8, 4) is 23.0 Å². The monoisotopic (exact) mass is 420 g/mol. The van der Waals surface area contributed by atoms with E-state index in [2.05, 4.69) is 16.0 Å². The quantitative estimate of drug-likeness (QED) is 0.501. The average Bonchev–Trinajstić information content (AvgIpc) is 3.33. The highest BCUT2D eigenvalue weighted by Gasteiger charge is 2.19. The maximum absolute atomic E-state index is 12.7. The molecule has 1 aromatic heterocycles. The van der Waals surface area contributed by atoms with Gasteiger partial charge in [-0.25, -0.2) is 4.79 Å². The van der Waals surface area contributed by atoms with Crippen LogP contribution in [0.1, 0.15) is 23.7 Å². The van der Waals surface area contributed by atoms with Gasteiger partial charge in [-0.2, -0.15) is 0 Å². The van der Waals surface area contributed by atoms with Crippen molar-refractivity contribution >= 4 is 22.6 Å². The lowest BCUT2D eigenvalue weighted by molar-refractivity contribution is 0.0523. The zero-order valence-electron chi connectivity index (χ0n) is 17.8. The molecule has 0 saturated carbocycles. The Morgan fingerprint density at radius 3 is 2.55 bits per heavy atom. The Morgan fingerprint density at radius 2 is 1.84 bits per heavy atom.